The van der Waals surface area contributed by atoms with Crippen molar-refractivity contribution >= 4 is 17.7 Å². The van der Waals surface area contributed by atoms with Crippen molar-refractivity contribution in [3.05, 3.63) is 87.8 Å². The molecule has 0 saturated heterocycles. The lowest BCUT2D eigenvalue weighted by Crippen LogP contribution is -2.36. The molecule has 2 aromatic rings. The van der Waals surface area contributed by atoms with Gasteiger partial charge in [-0.05, 0) is 56.5 Å². The molecule has 1 aliphatic carbocycles. The Morgan fingerprint density at radius 3 is 2.31 bits per heavy atom. The monoisotopic (exact) mass is 489 g/mol. The average Bonchev–Trinajstić information content (AvgIpc) is 2.86. The Balaban J connectivity index is 1.80. The molecule has 2 aromatic carbocycles. The van der Waals surface area contributed by atoms with Gasteiger partial charge in [0.2, 0.25) is 0 Å². The summed E-state index contributed by atoms with van der Waals surface area (Å²) >= 11 is 0. The van der Waals surface area contributed by atoms with E-state index >= 15 is 0 Å². The van der Waals surface area contributed by atoms with Gasteiger partial charge in [0.15, 0.2) is 5.78 Å². The number of rotatable bonds is 6. The van der Waals surface area contributed by atoms with Crippen LogP contribution in [0.3, 0.4) is 0 Å². The second kappa shape index (κ2) is 10.4. The average molecular weight is 490 g/mol. The van der Waals surface area contributed by atoms with Crippen LogP contribution in [-0.4, -0.2) is 38.0 Å². The molecule has 0 aromatic heterocycles. The summed E-state index contributed by atoms with van der Waals surface area (Å²) in [6.07, 6.45) is 0.582. The first-order chi connectivity index (χ1) is 17.2. The Bertz CT molecular complexity index is 1250. The molecule has 7 nitrogen and oxygen atoms in total. The molecule has 0 saturated carbocycles. The minimum absolute atomic E-state index is 0.0379. The van der Waals surface area contributed by atoms with Gasteiger partial charge in [-0.25, -0.2) is 9.59 Å². The van der Waals surface area contributed by atoms with Gasteiger partial charge in [0.05, 0.1) is 31.5 Å². The van der Waals surface area contributed by atoms with Crippen LogP contribution in [0.5, 0.6) is 5.75 Å². The highest BCUT2D eigenvalue weighted by Gasteiger charge is 2.42. The number of hydrogen-bond donors (Lipinski definition) is 1. The maximum absolute atomic E-state index is 13.7. The van der Waals surface area contributed by atoms with Gasteiger partial charge in [-0.2, -0.15) is 0 Å². The van der Waals surface area contributed by atoms with Crippen LogP contribution in [0, 0.1) is 0 Å². The number of methoxy groups -OCH3 is 2. The predicted molar refractivity (Wildman–Crippen MR) is 135 cm³/mol. The minimum Gasteiger partial charge on any atom is -0.496 e. The van der Waals surface area contributed by atoms with Crippen molar-refractivity contribution in [3.63, 3.8) is 0 Å². The Morgan fingerprint density at radius 1 is 0.972 bits per heavy atom. The van der Waals surface area contributed by atoms with Crippen molar-refractivity contribution in [2.75, 3.05) is 14.2 Å². The molecule has 1 heterocycles. The van der Waals surface area contributed by atoms with Gasteiger partial charge in [-0.3, -0.25) is 4.79 Å². The molecule has 7 heteroatoms. The van der Waals surface area contributed by atoms with Crippen LogP contribution in [0.4, 0.5) is 0 Å². The molecule has 0 bridgehead atoms. The zero-order valence-corrected chi connectivity index (χ0v) is 21.2. The fourth-order valence-corrected chi connectivity index (χ4v) is 5.07. The van der Waals surface area contributed by atoms with Crippen molar-refractivity contribution in [2.24, 2.45) is 0 Å². The van der Waals surface area contributed by atoms with Gasteiger partial charge < -0.3 is 19.5 Å². The molecular weight excluding hydrogens is 458 g/mol. The summed E-state index contributed by atoms with van der Waals surface area (Å²) in [6.45, 7) is 5.41. The second-order valence-electron chi connectivity index (χ2n) is 9.33. The molecule has 1 aliphatic heterocycles. The van der Waals surface area contributed by atoms with Crippen molar-refractivity contribution in [1.82, 2.24) is 5.32 Å². The van der Waals surface area contributed by atoms with Crippen molar-refractivity contribution in [1.29, 1.82) is 0 Å². The van der Waals surface area contributed by atoms with Crippen LogP contribution in [-0.2, 0) is 19.1 Å². The molecule has 2 aliphatic rings. The summed E-state index contributed by atoms with van der Waals surface area (Å²) in [5, 5.41) is 3.35. The number of dihydropyridines is 1. The Labute approximate surface area is 211 Å². The van der Waals surface area contributed by atoms with E-state index in [0.717, 1.165) is 22.6 Å². The van der Waals surface area contributed by atoms with E-state index in [4.69, 9.17) is 14.2 Å². The molecule has 4 rings (SSSR count). The summed E-state index contributed by atoms with van der Waals surface area (Å²) in [6, 6.07) is 14.6. The van der Waals surface area contributed by atoms with E-state index in [1.807, 2.05) is 31.2 Å². The zero-order chi connectivity index (χ0) is 26.0. The first-order valence-electron chi connectivity index (χ1n) is 12.0. The molecule has 36 heavy (non-hydrogen) atoms. The van der Waals surface area contributed by atoms with Gasteiger partial charge in [0, 0.05) is 35.2 Å². The number of esters is 2. The van der Waals surface area contributed by atoms with Crippen LogP contribution in [0.25, 0.3) is 0 Å². The second-order valence-corrected chi connectivity index (χ2v) is 9.33. The highest BCUT2D eigenvalue weighted by atomic mass is 16.5. The van der Waals surface area contributed by atoms with Crippen molar-refractivity contribution in [3.8, 4) is 5.75 Å². The molecule has 0 radical (unpaired) electrons. The van der Waals surface area contributed by atoms with Crippen LogP contribution in [0.1, 0.15) is 66.9 Å². The molecule has 188 valence electrons. The maximum Gasteiger partial charge on any atom is 0.337 e. The summed E-state index contributed by atoms with van der Waals surface area (Å²) in [5.74, 6) is -0.873. The van der Waals surface area contributed by atoms with Crippen LogP contribution >= 0.6 is 0 Å². The fourth-order valence-electron chi connectivity index (χ4n) is 5.07. The van der Waals surface area contributed by atoms with E-state index in [2.05, 4.69) is 5.32 Å². The number of ketones is 1. The standard InChI is InChI=1S/C29H31NO6/c1-16(2)36-29(33)25-17(3)30-22-14-20(21-8-6-7-9-24(21)34-4)15-23(31)27(22)26(25)18-10-12-19(13-11-18)28(32)35-5/h6-13,16,20,26,30H,14-15H2,1-5H3/t20-,26-/m0/s1. The van der Waals surface area contributed by atoms with Crippen molar-refractivity contribution < 1.29 is 28.6 Å². The quantitative estimate of drug-likeness (QED) is 0.583. The summed E-state index contributed by atoms with van der Waals surface area (Å²) in [4.78, 5) is 38.9. The molecule has 1 N–H and O–H groups in total. The first kappa shape index (κ1) is 25.2. The van der Waals surface area contributed by atoms with Gasteiger partial charge in [0.25, 0.3) is 0 Å². The molecule has 0 spiro atoms. The number of ether oxygens (including phenoxy) is 3. The predicted octanol–water partition coefficient (Wildman–Crippen LogP) is 4.80. The lowest BCUT2D eigenvalue weighted by atomic mass is 9.71. The number of para-hydroxylation sites is 1. The number of carbonyl (C=O) groups excluding carboxylic acids is 3. The first-order valence-corrected chi connectivity index (χ1v) is 12.0. The van der Waals surface area contributed by atoms with E-state index in [-0.39, 0.29) is 17.8 Å². The number of allylic oxidation sites excluding steroid dienone is 3. The maximum atomic E-state index is 13.7. The molecule has 0 amide bonds. The van der Waals surface area contributed by atoms with Crippen LogP contribution in [0.2, 0.25) is 0 Å². The Kier molecular flexibility index (Phi) is 7.29. The van der Waals surface area contributed by atoms with Crippen LogP contribution in [0.15, 0.2) is 71.1 Å². The normalized spacial score (nSPS) is 19.6. The fraction of sp³-hybridized carbons (Fsp3) is 0.345. The Hall–Kier alpha value is -3.87. The molecule has 0 fully saturated rings. The number of nitrogens with one attached hydrogen (secondary N) is 1. The smallest absolute Gasteiger partial charge is 0.337 e. The van der Waals surface area contributed by atoms with Gasteiger partial charge in [0.1, 0.15) is 5.75 Å². The SMILES string of the molecule is COC(=O)c1ccc([C@H]2C(C(=O)OC(C)C)=C(C)NC3=C2C(=O)C[C@@H](c2ccccc2OC)C3)cc1. The van der Waals surface area contributed by atoms with E-state index in [0.29, 0.717) is 35.2 Å². The highest BCUT2D eigenvalue weighted by Crippen LogP contribution is 2.47. The van der Waals surface area contributed by atoms with Crippen LogP contribution < -0.4 is 10.1 Å². The van der Waals surface area contributed by atoms with Gasteiger partial charge in [-0.1, -0.05) is 30.3 Å². The third-order valence-corrected chi connectivity index (χ3v) is 6.63. The van der Waals surface area contributed by atoms with E-state index in [9.17, 15) is 14.4 Å². The Morgan fingerprint density at radius 2 is 1.67 bits per heavy atom. The topological polar surface area (TPSA) is 90.9 Å². The van der Waals surface area contributed by atoms with E-state index in [1.165, 1.54) is 7.11 Å². The number of Topliss-reactive ketones (excluding diaryl/α,β-unsaturated/α-hetero) is 1. The lowest BCUT2D eigenvalue weighted by Gasteiger charge is -2.37. The van der Waals surface area contributed by atoms with Gasteiger partial charge in [-0.15, -0.1) is 0 Å². The zero-order valence-electron chi connectivity index (χ0n) is 21.2. The lowest BCUT2D eigenvalue weighted by molar-refractivity contribution is -0.143. The van der Waals surface area contributed by atoms with Gasteiger partial charge >= 0.3 is 11.9 Å². The summed E-state index contributed by atoms with van der Waals surface area (Å²) in [7, 11) is 2.95. The minimum atomic E-state index is -0.606. The van der Waals surface area contributed by atoms with E-state index < -0.39 is 17.9 Å². The highest BCUT2D eigenvalue weighted by molar-refractivity contribution is 6.04. The number of hydrogen-bond acceptors (Lipinski definition) is 7. The third-order valence-electron chi connectivity index (χ3n) is 6.63. The number of carbonyl (C=O) groups is 3. The third kappa shape index (κ3) is 4.78. The summed E-state index contributed by atoms with van der Waals surface area (Å²) < 4.78 is 15.9. The van der Waals surface area contributed by atoms with Crippen molar-refractivity contribution in [2.45, 2.75) is 51.6 Å². The summed E-state index contributed by atoms with van der Waals surface area (Å²) in [5.41, 5.74) is 4.51. The number of benzene rings is 2. The molecule has 0 unspecified atom stereocenters. The molecule has 2 atom stereocenters. The van der Waals surface area contributed by atoms with E-state index in [1.54, 1.807) is 45.2 Å². The molecular formula is C29H31NO6. The largest absolute Gasteiger partial charge is 0.496 e.